The van der Waals surface area contributed by atoms with E-state index in [0.717, 1.165) is 18.5 Å². The highest BCUT2D eigenvalue weighted by Gasteiger charge is 2.35. The number of carbonyl (C=O) groups is 2. The SMILES string of the molecule is CCCC(C)(N)C(=O)Nc1nc2c(s1)C(=O)CC(C)(C)C2. The number of Topliss-reactive ketones (excluding diaryl/α,β-unsaturated/α-hetero) is 1. The van der Waals surface area contributed by atoms with Crippen LogP contribution in [-0.4, -0.2) is 22.2 Å². The summed E-state index contributed by atoms with van der Waals surface area (Å²) in [5, 5.41) is 3.24. The van der Waals surface area contributed by atoms with Crippen LogP contribution in [-0.2, 0) is 11.2 Å². The maximum Gasteiger partial charge on any atom is 0.245 e. The van der Waals surface area contributed by atoms with Crippen LogP contribution in [0.15, 0.2) is 0 Å². The molecule has 0 radical (unpaired) electrons. The molecule has 0 spiro atoms. The van der Waals surface area contributed by atoms with Gasteiger partial charge in [0.05, 0.1) is 16.1 Å². The molecule has 1 aromatic heterocycles. The number of nitrogens with two attached hydrogens (primary N) is 1. The van der Waals surface area contributed by atoms with E-state index in [1.54, 1.807) is 6.92 Å². The fraction of sp³-hybridized carbons (Fsp3) is 0.667. The standard InChI is InChI=1S/C15H23N3O2S/c1-5-6-15(4,16)12(20)18-13-17-9-7-14(2,3)8-10(19)11(9)21-13/h5-8,16H2,1-4H3,(H,17,18,20). The molecule has 2 rings (SSSR count). The molecule has 6 heteroatoms. The number of amides is 1. The first kappa shape index (κ1) is 16.1. The van der Waals surface area contributed by atoms with E-state index in [9.17, 15) is 9.59 Å². The average Bonchev–Trinajstić information content (AvgIpc) is 2.69. The first-order valence-electron chi connectivity index (χ1n) is 7.28. The van der Waals surface area contributed by atoms with Crippen molar-refractivity contribution in [2.24, 2.45) is 11.1 Å². The highest BCUT2D eigenvalue weighted by molar-refractivity contribution is 7.17. The summed E-state index contributed by atoms with van der Waals surface area (Å²) in [4.78, 5) is 29.4. The summed E-state index contributed by atoms with van der Waals surface area (Å²) in [7, 11) is 0. The van der Waals surface area contributed by atoms with Crippen molar-refractivity contribution in [2.45, 2.75) is 58.9 Å². The van der Waals surface area contributed by atoms with Gasteiger partial charge in [-0.3, -0.25) is 9.59 Å². The van der Waals surface area contributed by atoms with Gasteiger partial charge >= 0.3 is 0 Å². The molecule has 0 aromatic carbocycles. The van der Waals surface area contributed by atoms with Crippen molar-refractivity contribution in [1.29, 1.82) is 0 Å². The van der Waals surface area contributed by atoms with Crippen molar-refractivity contribution < 1.29 is 9.59 Å². The number of anilines is 1. The molecule has 3 N–H and O–H groups in total. The third-order valence-electron chi connectivity index (χ3n) is 3.74. The summed E-state index contributed by atoms with van der Waals surface area (Å²) < 4.78 is 0. The Bertz CT molecular complexity index is 575. The van der Waals surface area contributed by atoms with Crippen LogP contribution >= 0.6 is 11.3 Å². The van der Waals surface area contributed by atoms with Crippen LogP contribution in [0.2, 0.25) is 0 Å². The van der Waals surface area contributed by atoms with Crippen LogP contribution in [0.3, 0.4) is 0 Å². The lowest BCUT2D eigenvalue weighted by atomic mass is 9.78. The van der Waals surface area contributed by atoms with Gasteiger partial charge in [-0.2, -0.15) is 0 Å². The van der Waals surface area contributed by atoms with E-state index in [4.69, 9.17) is 5.73 Å². The van der Waals surface area contributed by atoms with Crippen LogP contribution in [0.4, 0.5) is 5.13 Å². The minimum Gasteiger partial charge on any atom is -0.318 e. The highest BCUT2D eigenvalue weighted by atomic mass is 32.1. The summed E-state index contributed by atoms with van der Waals surface area (Å²) in [5.74, 6) is -0.134. The topological polar surface area (TPSA) is 85.1 Å². The van der Waals surface area contributed by atoms with Gasteiger partial charge in [-0.25, -0.2) is 4.98 Å². The average molecular weight is 309 g/mol. The monoisotopic (exact) mass is 309 g/mol. The molecule has 0 saturated heterocycles. The van der Waals surface area contributed by atoms with Gasteiger partial charge in [-0.05, 0) is 25.2 Å². The Kier molecular flexibility index (Phi) is 4.22. The van der Waals surface area contributed by atoms with Gasteiger partial charge in [0.15, 0.2) is 10.9 Å². The lowest BCUT2D eigenvalue weighted by Gasteiger charge is -2.26. The number of hydrogen-bond acceptors (Lipinski definition) is 5. The predicted octanol–water partition coefficient (Wildman–Crippen LogP) is 2.75. The molecule has 116 valence electrons. The number of fused-ring (bicyclic) bond motifs is 1. The molecule has 1 aliphatic carbocycles. The van der Waals surface area contributed by atoms with Crippen LogP contribution in [0, 0.1) is 5.41 Å². The van der Waals surface area contributed by atoms with E-state index in [1.807, 2.05) is 6.92 Å². The van der Waals surface area contributed by atoms with Gasteiger partial charge < -0.3 is 11.1 Å². The zero-order chi connectivity index (χ0) is 15.8. The second kappa shape index (κ2) is 5.50. The molecule has 0 fully saturated rings. The third-order valence-corrected chi connectivity index (χ3v) is 4.80. The minimum absolute atomic E-state index is 0.0654. The summed E-state index contributed by atoms with van der Waals surface area (Å²) in [6.07, 6.45) is 2.73. The van der Waals surface area contributed by atoms with Crippen LogP contribution < -0.4 is 11.1 Å². The number of nitrogens with one attached hydrogen (secondary N) is 1. The molecule has 1 aromatic rings. The van der Waals surface area contributed by atoms with E-state index >= 15 is 0 Å². The van der Waals surface area contributed by atoms with E-state index < -0.39 is 5.54 Å². The third kappa shape index (κ3) is 3.49. The summed E-state index contributed by atoms with van der Waals surface area (Å²) >= 11 is 1.26. The number of hydrogen-bond donors (Lipinski definition) is 2. The molecular weight excluding hydrogens is 286 g/mol. The number of rotatable bonds is 4. The van der Waals surface area contributed by atoms with E-state index in [0.29, 0.717) is 22.9 Å². The molecule has 0 aliphatic heterocycles. The maximum atomic E-state index is 12.2. The zero-order valence-corrected chi connectivity index (χ0v) is 13.9. The lowest BCUT2D eigenvalue weighted by molar-refractivity contribution is -0.120. The Morgan fingerprint density at radius 2 is 2.14 bits per heavy atom. The van der Waals surface area contributed by atoms with Crippen molar-refractivity contribution in [3.8, 4) is 0 Å². The molecule has 0 saturated carbocycles. The Balaban J connectivity index is 2.18. The largest absolute Gasteiger partial charge is 0.318 e. The molecular formula is C15H23N3O2S. The molecule has 5 nitrogen and oxygen atoms in total. The Morgan fingerprint density at radius 3 is 2.76 bits per heavy atom. The number of nitrogens with zero attached hydrogens (tertiary/aromatic N) is 1. The summed E-state index contributed by atoms with van der Waals surface area (Å²) in [6.45, 7) is 7.82. The smallest absolute Gasteiger partial charge is 0.245 e. The fourth-order valence-electron chi connectivity index (χ4n) is 2.65. The number of thiazole rings is 1. The summed E-state index contributed by atoms with van der Waals surface area (Å²) in [6, 6.07) is 0. The van der Waals surface area contributed by atoms with Crippen molar-refractivity contribution in [3.63, 3.8) is 0 Å². The van der Waals surface area contributed by atoms with Gasteiger partial charge in [0.25, 0.3) is 0 Å². The van der Waals surface area contributed by atoms with Crippen molar-refractivity contribution >= 4 is 28.2 Å². The maximum absolute atomic E-state index is 12.2. The Hall–Kier alpha value is -1.27. The zero-order valence-electron chi connectivity index (χ0n) is 13.1. The first-order valence-corrected chi connectivity index (χ1v) is 8.09. The molecule has 1 amide bonds. The quantitative estimate of drug-likeness (QED) is 0.895. The van der Waals surface area contributed by atoms with Crippen molar-refractivity contribution in [3.05, 3.63) is 10.6 Å². The molecule has 21 heavy (non-hydrogen) atoms. The Morgan fingerprint density at radius 1 is 1.48 bits per heavy atom. The Labute approximate surface area is 129 Å². The molecule has 1 heterocycles. The van der Waals surface area contributed by atoms with Gasteiger partial charge in [-0.15, -0.1) is 0 Å². The fourth-order valence-corrected chi connectivity index (χ4v) is 3.56. The number of aromatic nitrogens is 1. The minimum atomic E-state index is -0.912. The van der Waals surface area contributed by atoms with Crippen LogP contribution in [0.5, 0.6) is 0 Å². The van der Waals surface area contributed by atoms with Gasteiger partial charge in [-0.1, -0.05) is 38.5 Å². The van der Waals surface area contributed by atoms with Crippen molar-refractivity contribution in [1.82, 2.24) is 4.98 Å². The van der Waals surface area contributed by atoms with Gasteiger partial charge in [0.2, 0.25) is 5.91 Å². The first-order chi connectivity index (χ1) is 9.64. The number of carbonyl (C=O) groups excluding carboxylic acids is 2. The second-order valence-electron chi connectivity index (χ2n) is 6.86. The predicted molar refractivity (Wildman–Crippen MR) is 84.7 cm³/mol. The number of ketones is 1. The lowest BCUT2D eigenvalue weighted by Crippen LogP contribution is -2.48. The molecule has 0 bridgehead atoms. The normalized spacial score (nSPS) is 19.8. The molecule has 1 unspecified atom stereocenters. The van der Waals surface area contributed by atoms with Crippen LogP contribution in [0.25, 0.3) is 0 Å². The van der Waals surface area contributed by atoms with E-state index in [-0.39, 0.29) is 17.1 Å². The van der Waals surface area contributed by atoms with E-state index in [1.165, 1.54) is 11.3 Å². The summed E-state index contributed by atoms with van der Waals surface area (Å²) in [5.41, 5.74) is 5.83. The van der Waals surface area contributed by atoms with Crippen molar-refractivity contribution in [2.75, 3.05) is 5.32 Å². The van der Waals surface area contributed by atoms with Gasteiger partial charge in [0.1, 0.15) is 0 Å². The van der Waals surface area contributed by atoms with Gasteiger partial charge in [0, 0.05) is 6.42 Å². The highest BCUT2D eigenvalue weighted by Crippen LogP contribution is 2.38. The molecule has 1 atom stereocenters. The van der Waals surface area contributed by atoms with Crippen LogP contribution in [0.1, 0.15) is 62.3 Å². The molecule has 1 aliphatic rings. The second-order valence-corrected chi connectivity index (χ2v) is 7.86. The van der Waals surface area contributed by atoms with E-state index in [2.05, 4.69) is 24.1 Å².